The van der Waals surface area contributed by atoms with Gasteiger partial charge >= 0.3 is 0 Å². The summed E-state index contributed by atoms with van der Waals surface area (Å²) >= 11 is 0. The minimum absolute atomic E-state index is 0.162. The van der Waals surface area contributed by atoms with Crippen molar-refractivity contribution in [3.63, 3.8) is 0 Å². The molecule has 0 saturated heterocycles. The van der Waals surface area contributed by atoms with E-state index in [0.29, 0.717) is 23.4 Å². The number of carbonyl (C=O) groups excluding carboxylic acids is 1. The minimum Gasteiger partial charge on any atom is -0.399 e. The van der Waals surface area contributed by atoms with Crippen LogP contribution < -0.4 is 11.1 Å². The molecule has 0 radical (unpaired) electrons. The first kappa shape index (κ1) is 13.6. The normalized spacial score (nSPS) is 9.80. The topological polar surface area (TPSA) is 78.9 Å². The lowest BCUT2D eigenvalue weighted by molar-refractivity contribution is 0.0951. The van der Waals surface area contributed by atoms with Gasteiger partial charge in [-0.25, -0.2) is 0 Å². The number of rotatable bonds is 3. The van der Waals surface area contributed by atoms with Crippen molar-refractivity contribution in [2.75, 3.05) is 5.73 Å². The van der Waals surface area contributed by atoms with Crippen LogP contribution in [0, 0.1) is 18.3 Å². The monoisotopic (exact) mass is 265 g/mol. The predicted octanol–water partition coefficient (Wildman–Crippen LogP) is 2.38. The Balaban J connectivity index is 2.02. The van der Waals surface area contributed by atoms with Gasteiger partial charge < -0.3 is 11.1 Å². The molecule has 4 heteroatoms. The van der Waals surface area contributed by atoms with E-state index >= 15 is 0 Å². The molecule has 2 aromatic carbocycles. The number of nitrogens with two attached hydrogens (primary N) is 1. The second-order valence-corrected chi connectivity index (χ2v) is 4.62. The average Bonchev–Trinajstić information content (AvgIpc) is 2.44. The van der Waals surface area contributed by atoms with Crippen molar-refractivity contribution < 1.29 is 4.79 Å². The van der Waals surface area contributed by atoms with Crippen molar-refractivity contribution in [2.45, 2.75) is 13.5 Å². The number of amides is 1. The first-order valence-corrected chi connectivity index (χ1v) is 6.23. The Hall–Kier alpha value is -2.80. The average molecular weight is 265 g/mol. The van der Waals surface area contributed by atoms with E-state index in [4.69, 9.17) is 11.0 Å². The van der Waals surface area contributed by atoms with Crippen molar-refractivity contribution in [1.82, 2.24) is 5.32 Å². The number of hydrogen-bond donors (Lipinski definition) is 2. The fourth-order valence-electron chi connectivity index (χ4n) is 1.93. The van der Waals surface area contributed by atoms with Crippen LogP contribution >= 0.6 is 0 Å². The summed E-state index contributed by atoms with van der Waals surface area (Å²) in [6.45, 7) is 2.31. The molecule has 3 N–H and O–H groups in total. The van der Waals surface area contributed by atoms with Crippen molar-refractivity contribution in [3.05, 3.63) is 64.7 Å². The van der Waals surface area contributed by atoms with E-state index in [2.05, 4.69) is 11.4 Å². The Morgan fingerprint density at radius 1 is 1.25 bits per heavy atom. The molecule has 0 saturated carbocycles. The van der Waals surface area contributed by atoms with Gasteiger partial charge in [0.25, 0.3) is 5.91 Å². The maximum absolute atomic E-state index is 12.0. The van der Waals surface area contributed by atoms with Crippen LogP contribution in [-0.2, 0) is 6.54 Å². The van der Waals surface area contributed by atoms with Crippen LogP contribution in [0.5, 0.6) is 0 Å². The van der Waals surface area contributed by atoms with Gasteiger partial charge in [-0.3, -0.25) is 4.79 Å². The highest BCUT2D eigenvalue weighted by Gasteiger charge is 2.06. The number of nitrogens with one attached hydrogen (secondary N) is 1. The molecule has 0 bridgehead atoms. The molecule has 100 valence electrons. The van der Waals surface area contributed by atoms with E-state index in [1.165, 1.54) is 0 Å². The molecule has 20 heavy (non-hydrogen) atoms. The fraction of sp³-hybridized carbons (Fsp3) is 0.125. The molecule has 0 aliphatic heterocycles. The van der Waals surface area contributed by atoms with Crippen LogP contribution in [0.15, 0.2) is 42.5 Å². The van der Waals surface area contributed by atoms with Gasteiger partial charge in [0.05, 0.1) is 11.6 Å². The van der Waals surface area contributed by atoms with Crippen LogP contribution in [0.1, 0.15) is 27.0 Å². The van der Waals surface area contributed by atoms with E-state index in [1.807, 2.05) is 25.1 Å². The smallest absolute Gasteiger partial charge is 0.251 e. The summed E-state index contributed by atoms with van der Waals surface area (Å²) in [7, 11) is 0. The SMILES string of the molecule is Cc1cc(N)cc(C(=O)NCc2ccc(C#N)cc2)c1. The number of benzene rings is 2. The standard InChI is InChI=1S/C16H15N3O/c1-11-6-14(8-15(18)7-11)16(20)19-10-13-4-2-12(9-17)3-5-13/h2-8H,10,18H2,1H3,(H,19,20). The van der Waals surface area contributed by atoms with Crippen LogP contribution in [0.2, 0.25) is 0 Å². The molecule has 0 unspecified atom stereocenters. The van der Waals surface area contributed by atoms with Crippen LogP contribution in [0.3, 0.4) is 0 Å². The van der Waals surface area contributed by atoms with Gasteiger partial charge in [0.2, 0.25) is 0 Å². The number of nitrogen functional groups attached to an aromatic ring is 1. The van der Waals surface area contributed by atoms with Gasteiger partial charge in [-0.05, 0) is 48.4 Å². The fourth-order valence-corrected chi connectivity index (χ4v) is 1.93. The zero-order valence-corrected chi connectivity index (χ0v) is 11.2. The Morgan fingerprint density at radius 2 is 1.95 bits per heavy atom. The Bertz CT molecular complexity index is 649. The first-order valence-electron chi connectivity index (χ1n) is 6.23. The number of carbonyl (C=O) groups is 1. The summed E-state index contributed by atoms with van der Waals surface area (Å²) in [5, 5.41) is 11.5. The summed E-state index contributed by atoms with van der Waals surface area (Å²) in [5.41, 5.74) is 9.35. The molecule has 0 fully saturated rings. The van der Waals surface area contributed by atoms with Crippen LogP contribution in [0.25, 0.3) is 0 Å². The highest BCUT2D eigenvalue weighted by atomic mass is 16.1. The van der Waals surface area contributed by atoms with Crippen LogP contribution in [0.4, 0.5) is 5.69 Å². The lowest BCUT2D eigenvalue weighted by atomic mass is 10.1. The highest BCUT2D eigenvalue weighted by Crippen LogP contribution is 2.11. The van der Waals surface area contributed by atoms with Crippen molar-refractivity contribution >= 4 is 11.6 Å². The lowest BCUT2D eigenvalue weighted by Crippen LogP contribution is -2.23. The number of hydrogen-bond acceptors (Lipinski definition) is 3. The molecule has 2 rings (SSSR count). The maximum Gasteiger partial charge on any atom is 0.251 e. The predicted molar refractivity (Wildman–Crippen MR) is 77.9 cm³/mol. The molecule has 0 aliphatic rings. The molecular formula is C16H15N3O. The van der Waals surface area contributed by atoms with E-state index in [1.54, 1.807) is 24.3 Å². The van der Waals surface area contributed by atoms with Crippen molar-refractivity contribution in [1.29, 1.82) is 5.26 Å². The van der Waals surface area contributed by atoms with E-state index in [0.717, 1.165) is 11.1 Å². The van der Waals surface area contributed by atoms with E-state index < -0.39 is 0 Å². The minimum atomic E-state index is -0.162. The number of anilines is 1. The van der Waals surface area contributed by atoms with Crippen LogP contribution in [-0.4, -0.2) is 5.91 Å². The second-order valence-electron chi connectivity index (χ2n) is 4.62. The van der Waals surface area contributed by atoms with Gasteiger partial charge in [0.15, 0.2) is 0 Å². The third-order valence-corrected chi connectivity index (χ3v) is 2.90. The summed E-state index contributed by atoms with van der Waals surface area (Å²) in [4.78, 5) is 12.0. The summed E-state index contributed by atoms with van der Waals surface area (Å²) in [6, 6.07) is 14.4. The molecule has 1 amide bonds. The summed E-state index contributed by atoms with van der Waals surface area (Å²) in [6.07, 6.45) is 0. The maximum atomic E-state index is 12.0. The van der Waals surface area contributed by atoms with Gasteiger partial charge in [-0.2, -0.15) is 5.26 Å². The highest BCUT2D eigenvalue weighted by molar-refractivity contribution is 5.95. The molecular weight excluding hydrogens is 250 g/mol. The van der Waals surface area contributed by atoms with Gasteiger partial charge in [0, 0.05) is 17.8 Å². The third-order valence-electron chi connectivity index (χ3n) is 2.90. The van der Waals surface area contributed by atoms with Crippen molar-refractivity contribution in [3.8, 4) is 6.07 Å². The number of nitriles is 1. The molecule has 0 atom stereocenters. The number of nitrogens with zero attached hydrogens (tertiary/aromatic N) is 1. The summed E-state index contributed by atoms with van der Waals surface area (Å²) < 4.78 is 0. The second kappa shape index (κ2) is 5.89. The Kier molecular flexibility index (Phi) is 4.02. The molecule has 2 aromatic rings. The zero-order chi connectivity index (χ0) is 14.5. The Morgan fingerprint density at radius 3 is 2.55 bits per heavy atom. The molecule has 0 heterocycles. The molecule has 4 nitrogen and oxygen atoms in total. The quantitative estimate of drug-likeness (QED) is 0.836. The third kappa shape index (κ3) is 3.36. The Labute approximate surface area is 117 Å². The molecule has 0 spiro atoms. The zero-order valence-electron chi connectivity index (χ0n) is 11.2. The van der Waals surface area contributed by atoms with Gasteiger partial charge in [-0.15, -0.1) is 0 Å². The van der Waals surface area contributed by atoms with E-state index in [9.17, 15) is 4.79 Å². The van der Waals surface area contributed by atoms with E-state index in [-0.39, 0.29) is 5.91 Å². The first-order chi connectivity index (χ1) is 9.58. The lowest BCUT2D eigenvalue weighted by Gasteiger charge is -2.07. The molecule has 0 aromatic heterocycles. The van der Waals surface area contributed by atoms with Crippen molar-refractivity contribution in [2.24, 2.45) is 0 Å². The van der Waals surface area contributed by atoms with Gasteiger partial charge in [0.1, 0.15) is 0 Å². The largest absolute Gasteiger partial charge is 0.399 e. The summed E-state index contributed by atoms with van der Waals surface area (Å²) in [5.74, 6) is -0.162. The number of aryl methyl sites for hydroxylation is 1. The van der Waals surface area contributed by atoms with Gasteiger partial charge in [-0.1, -0.05) is 12.1 Å². The molecule has 0 aliphatic carbocycles.